The molecule has 4 aliphatic heterocycles. The molecule has 3 aromatic carbocycles. The molecule has 282 valence electrons. The molecule has 11 nitrogen and oxygen atoms in total. The quantitative estimate of drug-likeness (QED) is 0.246. The first kappa shape index (κ1) is 37.1. The van der Waals surface area contributed by atoms with Gasteiger partial charge in [-0.05, 0) is 64.8 Å². The zero-order chi connectivity index (χ0) is 37.8. The molecule has 0 aliphatic carbocycles. The molecule has 0 saturated carbocycles. The number of benzene rings is 3. The number of methoxy groups -OCH3 is 1. The molecule has 14 heteroatoms. The van der Waals surface area contributed by atoms with Gasteiger partial charge in [-0.25, -0.2) is 14.0 Å². The lowest BCUT2D eigenvalue weighted by atomic mass is 9.96. The van der Waals surface area contributed by atoms with Gasteiger partial charge in [0.15, 0.2) is 6.73 Å². The van der Waals surface area contributed by atoms with Crippen LogP contribution in [0.1, 0.15) is 66.8 Å². The maximum Gasteiger partial charge on any atom is 0.410 e. The number of hydrogen-bond acceptors (Lipinski definition) is 9. The molecule has 0 N–H and O–H groups in total. The zero-order valence-electron chi connectivity index (χ0n) is 30.4. The summed E-state index contributed by atoms with van der Waals surface area (Å²) in [4.78, 5) is 46.9. The van der Waals surface area contributed by atoms with Crippen LogP contribution in [0, 0.1) is 5.82 Å². The highest BCUT2D eigenvalue weighted by molar-refractivity contribution is 6.40. The second-order valence-corrected chi connectivity index (χ2v) is 15.8. The summed E-state index contributed by atoms with van der Waals surface area (Å²) in [5.74, 6) is -1.17. The van der Waals surface area contributed by atoms with E-state index in [0.29, 0.717) is 55.4 Å². The Morgan fingerprint density at radius 2 is 1.66 bits per heavy atom. The van der Waals surface area contributed by atoms with E-state index in [-0.39, 0.29) is 64.2 Å². The van der Waals surface area contributed by atoms with E-state index in [4.69, 9.17) is 42.1 Å². The van der Waals surface area contributed by atoms with Gasteiger partial charge in [0.25, 0.3) is 5.91 Å². The summed E-state index contributed by atoms with van der Waals surface area (Å²) in [5, 5.41) is 0.383. The minimum atomic E-state index is -0.613. The molecule has 4 aliphatic rings. The van der Waals surface area contributed by atoms with Crippen molar-refractivity contribution in [2.24, 2.45) is 0 Å². The van der Waals surface area contributed by atoms with E-state index in [1.165, 1.54) is 18.1 Å². The maximum absolute atomic E-state index is 16.0. The normalized spacial score (nSPS) is 21.2. The van der Waals surface area contributed by atoms with Crippen LogP contribution in [0.2, 0.25) is 10.0 Å². The van der Waals surface area contributed by atoms with Crippen LogP contribution in [0.5, 0.6) is 5.75 Å². The first-order chi connectivity index (χ1) is 25.2. The number of para-hydroxylation sites is 1. The minimum Gasteiger partial charge on any atom is -0.472 e. The standard InChI is InChI=1S/C39H43Cl2FN4O7/c1-22-17-43(11-12-45(22)38(49)53-39(2,3)4)26-13-30(40)34(31(41)14-26)36(47)44-18-23-7-6-8-27(35(23)52-21-44)28-16-33(29(15-32(28)42)37(48)50-5)46-24-9-10-25(46)20-51-19-24/h6-8,13-16,22,24-25H,9-12,17-21H2,1-5H3. The van der Waals surface area contributed by atoms with E-state index in [1.54, 1.807) is 35.2 Å². The summed E-state index contributed by atoms with van der Waals surface area (Å²) >= 11 is 13.5. The van der Waals surface area contributed by atoms with E-state index in [2.05, 4.69) is 9.80 Å². The average molecular weight is 770 g/mol. The number of halogens is 3. The Morgan fingerprint density at radius 1 is 0.962 bits per heavy atom. The van der Waals surface area contributed by atoms with Gasteiger partial charge in [0.05, 0.1) is 65.8 Å². The smallest absolute Gasteiger partial charge is 0.410 e. The van der Waals surface area contributed by atoms with Gasteiger partial charge in [-0.2, -0.15) is 0 Å². The average Bonchev–Trinajstić information content (AvgIpc) is 3.35. The number of piperazine rings is 1. The van der Waals surface area contributed by atoms with Gasteiger partial charge in [0, 0.05) is 48.1 Å². The molecule has 0 aromatic heterocycles. The fourth-order valence-corrected chi connectivity index (χ4v) is 8.42. The molecule has 4 heterocycles. The third kappa shape index (κ3) is 7.20. The van der Waals surface area contributed by atoms with Crippen LogP contribution < -0.4 is 14.5 Å². The number of esters is 1. The number of rotatable bonds is 5. The van der Waals surface area contributed by atoms with Crippen LogP contribution in [0.4, 0.5) is 20.6 Å². The van der Waals surface area contributed by atoms with E-state index in [1.807, 2.05) is 33.8 Å². The van der Waals surface area contributed by atoms with Crippen molar-refractivity contribution in [2.75, 3.05) is 56.5 Å². The summed E-state index contributed by atoms with van der Waals surface area (Å²) in [5.41, 5.74) is 2.51. The number of ether oxygens (including phenoxy) is 4. The third-order valence-corrected chi connectivity index (χ3v) is 10.9. The Hall–Kier alpha value is -4.26. The summed E-state index contributed by atoms with van der Waals surface area (Å²) in [6.07, 6.45) is 1.47. The van der Waals surface area contributed by atoms with Gasteiger partial charge in [0.2, 0.25) is 0 Å². The van der Waals surface area contributed by atoms with Crippen LogP contribution in [0.15, 0.2) is 42.5 Å². The molecule has 0 radical (unpaired) electrons. The van der Waals surface area contributed by atoms with Crippen LogP contribution in [0.3, 0.4) is 0 Å². The fourth-order valence-electron chi connectivity index (χ4n) is 7.78. The Kier molecular flexibility index (Phi) is 10.2. The molecule has 3 fully saturated rings. The van der Waals surface area contributed by atoms with Crippen molar-refractivity contribution in [3.05, 3.63) is 75.0 Å². The summed E-state index contributed by atoms with van der Waals surface area (Å²) in [6, 6.07) is 11.8. The fraction of sp³-hybridized carbons (Fsp3) is 0.462. The van der Waals surface area contributed by atoms with Crippen LogP contribution in [-0.2, 0) is 20.8 Å². The molecule has 0 spiro atoms. The molecule has 3 saturated heterocycles. The number of nitrogens with zero attached hydrogens (tertiary/aromatic N) is 4. The van der Waals surface area contributed by atoms with E-state index < -0.39 is 23.3 Å². The zero-order valence-corrected chi connectivity index (χ0v) is 31.9. The third-order valence-electron chi connectivity index (χ3n) is 10.3. The van der Waals surface area contributed by atoms with Crippen LogP contribution in [0.25, 0.3) is 11.1 Å². The van der Waals surface area contributed by atoms with Gasteiger partial charge in [-0.1, -0.05) is 41.4 Å². The second kappa shape index (κ2) is 14.5. The van der Waals surface area contributed by atoms with Crippen LogP contribution in [-0.4, -0.2) is 98.2 Å². The number of fused-ring (bicyclic) bond motifs is 3. The Balaban J connectivity index is 1.11. The predicted octanol–water partition coefficient (Wildman–Crippen LogP) is 7.39. The molecule has 3 unspecified atom stereocenters. The van der Waals surface area contributed by atoms with Crippen molar-refractivity contribution < 1.29 is 37.7 Å². The van der Waals surface area contributed by atoms with Crippen molar-refractivity contribution in [1.82, 2.24) is 9.80 Å². The number of amides is 2. The maximum atomic E-state index is 16.0. The van der Waals surface area contributed by atoms with Gasteiger partial charge >= 0.3 is 12.1 Å². The molecule has 7 rings (SSSR count). The number of carbonyl (C=O) groups is 3. The minimum absolute atomic E-state index is 0.0710. The van der Waals surface area contributed by atoms with Gasteiger partial charge in [-0.15, -0.1) is 0 Å². The summed E-state index contributed by atoms with van der Waals surface area (Å²) < 4.78 is 38.5. The summed E-state index contributed by atoms with van der Waals surface area (Å²) in [6.45, 7) is 10.1. The Morgan fingerprint density at radius 3 is 2.30 bits per heavy atom. The molecule has 3 atom stereocenters. The molecule has 2 amide bonds. The van der Waals surface area contributed by atoms with Gasteiger partial charge < -0.3 is 38.5 Å². The first-order valence-corrected chi connectivity index (χ1v) is 18.6. The number of carbonyl (C=O) groups excluding carboxylic acids is 3. The lowest BCUT2D eigenvalue weighted by Crippen LogP contribution is -2.55. The molecular formula is C39H43Cl2FN4O7. The van der Waals surface area contributed by atoms with Crippen molar-refractivity contribution in [1.29, 1.82) is 0 Å². The van der Waals surface area contributed by atoms with E-state index in [9.17, 15) is 14.4 Å². The highest BCUT2D eigenvalue weighted by Gasteiger charge is 2.40. The molecular weight excluding hydrogens is 726 g/mol. The molecule has 3 aromatic rings. The molecule has 53 heavy (non-hydrogen) atoms. The first-order valence-electron chi connectivity index (χ1n) is 17.8. The highest BCUT2D eigenvalue weighted by Crippen LogP contribution is 2.43. The largest absolute Gasteiger partial charge is 0.472 e. The van der Waals surface area contributed by atoms with Gasteiger partial charge in [0.1, 0.15) is 17.2 Å². The Labute approximate surface area is 318 Å². The lowest BCUT2D eigenvalue weighted by Gasteiger charge is -2.41. The highest BCUT2D eigenvalue weighted by atomic mass is 35.5. The van der Waals surface area contributed by atoms with Crippen molar-refractivity contribution >= 4 is 52.5 Å². The van der Waals surface area contributed by atoms with Crippen molar-refractivity contribution in [2.45, 2.75) is 70.8 Å². The number of hydrogen-bond donors (Lipinski definition) is 0. The number of morpholine rings is 1. The Bertz CT molecular complexity index is 1920. The van der Waals surface area contributed by atoms with Crippen LogP contribution >= 0.6 is 23.2 Å². The van der Waals surface area contributed by atoms with Gasteiger partial charge in [-0.3, -0.25) is 4.79 Å². The lowest BCUT2D eigenvalue weighted by molar-refractivity contribution is 0.0158. The second-order valence-electron chi connectivity index (χ2n) is 15.0. The predicted molar refractivity (Wildman–Crippen MR) is 200 cm³/mol. The van der Waals surface area contributed by atoms with E-state index in [0.717, 1.165) is 18.5 Å². The molecule has 2 bridgehead atoms. The monoisotopic (exact) mass is 768 g/mol. The SMILES string of the molecule is COC(=O)c1cc(F)c(-c2cccc3c2OCN(C(=O)c2c(Cl)cc(N4CCN(C(=O)OC(C)(C)C)C(C)C4)cc2Cl)C3)cc1N1C2CCC1COC2. The van der Waals surface area contributed by atoms with Crippen molar-refractivity contribution in [3.63, 3.8) is 0 Å². The van der Waals surface area contributed by atoms with E-state index >= 15 is 4.39 Å². The summed E-state index contributed by atoms with van der Waals surface area (Å²) in [7, 11) is 1.28. The topological polar surface area (TPSA) is 101 Å². The van der Waals surface area contributed by atoms with Crippen molar-refractivity contribution in [3.8, 4) is 16.9 Å². The number of anilines is 2.